The molecule has 0 spiro atoms. The van der Waals surface area contributed by atoms with Crippen molar-refractivity contribution >= 4 is 5.78 Å². The van der Waals surface area contributed by atoms with Crippen molar-refractivity contribution in [3.8, 4) is 0 Å². The third kappa shape index (κ3) is 1.86. The van der Waals surface area contributed by atoms with Gasteiger partial charge in [0.2, 0.25) is 0 Å². The highest BCUT2D eigenvalue weighted by Crippen LogP contribution is 2.63. The molecule has 2 heteroatoms. The second-order valence-corrected chi connectivity index (χ2v) is 8.19. The average molecular weight is 300 g/mol. The fourth-order valence-electron chi connectivity index (χ4n) is 6.53. The summed E-state index contributed by atoms with van der Waals surface area (Å²) in [7, 11) is 0. The van der Waals surface area contributed by atoms with Gasteiger partial charge < -0.3 is 5.11 Å². The van der Waals surface area contributed by atoms with E-state index in [0.717, 1.165) is 38.5 Å². The SMILES string of the molecule is C=C1C[C@]2(CC)C(O)CC[C@H]2[C@@H]2CC=C3CC(=O)CC[C@@H]3[C@@H]12. The van der Waals surface area contributed by atoms with E-state index < -0.39 is 0 Å². The van der Waals surface area contributed by atoms with Crippen LogP contribution in [0.2, 0.25) is 0 Å². The zero-order valence-electron chi connectivity index (χ0n) is 13.7. The van der Waals surface area contributed by atoms with Crippen LogP contribution >= 0.6 is 0 Å². The van der Waals surface area contributed by atoms with E-state index in [0.29, 0.717) is 35.9 Å². The second-order valence-electron chi connectivity index (χ2n) is 8.19. The molecule has 4 rings (SSSR count). The molecule has 0 aromatic rings. The Labute approximate surface area is 133 Å². The van der Waals surface area contributed by atoms with Crippen LogP contribution in [0.15, 0.2) is 23.8 Å². The van der Waals surface area contributed by atoms with Crippen molar-refractivity contribution in [1.29, 1.82) is 0 Å². The molecule has 6 atom stereocenters. The highest BCUT2D eigenvalue weighted by Gasteiger charge is 2.58. The molecule has 0 bridgehead atoms. The third-order valence-electron chi connectivity index (χ3n) is 7.51. The van der Waals surface area contributed by atoms with Crippen molar-refractivity contribution in [1.82, 2.24) is 0 Å². The lowest BCUT2D eigenvalue weighted by atomic mass is 9.50. The average Bonchev–Trinajstić information content (AvgIpc) is 2.84. The zero-order chi connectivity index (χ0) is 15.5. The molecular weight excluding hydrogens is 272 g/mol. The lowest BCUT2D eigenvalue weighted by Crippen LogP contribution is -2.49. The number of fused-ring (bicyclic) bond motifs is 5. The van der Waals surface area contributed by atoms with Gasteiger partial charge in [-0.3, -0.25) is 4.79 Å². The summed E-state index contributed by atoms with van der Waals surface area (Å²) in [5.74, 6) is 2.86. The van der Waals surface area contributed by atoms with Gasteiger partial charge in [0.15, 0.2) is 0 Å². The molecular formula is C20H28O2. The number of carbonyl (C=O) groups is 1. The van der Waals surface area contributed by atoms with Crippen LogP contribution in [-0.2, 0) is 4.79 Å². The molecule has 3 fully saturated rings. The fourth-order valence-corrected chi connectivity index (χ4v) is 6.53. The van der Waals surface area contributed by atoms with Gasteiger partial charge in [0, 0.05) is 18.3 Å². The first kappa shape index (κ1) is 14.7. The number of hydrogen-bond donors (Lipinski definition) is 1. The number of aliphatic hydroxyl groups is 1. The molecule has 4 aliphatic rings. The Bertz CT molecular complexity index is 546. The van der Waals surface area contributed by atoms with Crippen LogP contribution in [0.25, 0.3) is 0 Å². The van der Waals surface area contributed by atoms with Gasteiger partial charge in [-0.25, -0.2) is 0 Å². The van der Waals surface area contributed by atoms with Gasteiger partial charge in [0.1, 0.15) is 5.78 Å². The Hall–Kier alpha value is -0.890. The van der Waals surface area contributed by atoms with Crippen molar-refractivity contribution in [2.24, 2.45) is 29.1 Å². The highest BCUT2D eigenvalue weighted by molar-refractivity contribution is 5.82. The maximum atomic E-state index is 11.8. The van der Waals surface area contributed by atoms with E-state index in [9.17, 15) is 9.90 Å². The first-order chi connectivity index (χ1) is 10.6. The van der Waals surface area contributed by atoms with Crippen molar-refractivity contribution in [2.45, 2.75) is 64.4 Å². The van der Waals surface area contributed by atoms with Crippen molar-refractivity contribution < 1.29 is 9.90 Å². The fraction of sp³-hybridized carbons (Fsp3) is 0.750. The summed E-state index contributed by atoms with van der Waals surface area (Å²) in [6.07, 6.45) is 10.0. The summed E-state index contributed by atoms with van der Waals surface area (Å²) in [4.78, 5) is 11.8. The number of allylic oxidation sites excluding steroid dienone is 3. The smallest absolute Gasteiger partial charge is 0.136 e. The van der Waals surface area contributed by atoms with Crippen LogP contribution < -0.4 is 0 Å². The molecule has 22 heavy (non-hydrogen) atoms. The Morgan fingerprint density at radius 2 is 2.18 bits per heavy atom. The summed E-state index contributed by atoms with van der Waals surface area (Å²) >= 11 is 0. The van der Waals surface area contributed by atoms with E-state index in [-0.39, 0.29) is 11.5 Å². The molecule has 1 N–H and O–H groups in total. The van der Waals surface area contributed by atoms with Gasteiger partial charge in [-0.05, 0) is 62.2 Å². The van der Waals surface area contributed by atoms with Crippen LogP contribution in [0.5, 0.6) is 0 Å². The van der Waals surface area contributed by atoms with Gasteiger partial charge in [-0.1, -0.05) is 30.7 Å². The van der Waals surface area contributed by atoms with Gasteiger partial charge in [-0.2, -0.15) is 0 Å². The Balaban J connectivity index is 1.71. The summed E-state index contributed by atoms with van der Waals surface area (Å²) in [6, 6.07) is 0. The standard InChI is InChI=1S/C20H28O2/c1-3-20-11-12(2)19-15-7-5-14(21)10-13(15)4-6-16(19)17(20)8-9-18(20)22/h4,15-19,22H,2-3,5-11H2,1H3/t15-,16-,17-,18?,19+,20-/m0/s1. The summed E-state index contributed by atoms with van der Waals surface area (Å²) in [6.45, 7) is 6.72. The molecule has 0 amide bonds. The zero-order valence-corrected chi connectivity index (χ0v) is 13.7. The number of hydrogen-bond acceptors (Lipinski definition) is 2. The minimum Gasteiger partial charge on any atom is -0.393 e. The van der Waals surface area contributed by atoms with Crippen molar-refractivity contribution in [3.05, 3.63) is 23.8 Å². The van der Waals surface area contributed by atoms with Crippen LogP contribution in [0.4, 0.5) is 0 Å². The van der Waals surface area contributed by atoms with Gasteiger partial charge in [-0.15, -0.1) is 0 Å². The molecule has 0 heterocycles. The first-order valence-corrected chi connectivity index (χ1v) is 9.13. The number of Topliss-reactive ketones (excluding diaryl/α,β-unsaturated/α-hetero) is 1. The van der Waals surface area contributed by atoms with E-state index in [1.165, 1.54) is 17.6 Å². The predicted octanol–water partition coefficient (Wildman–Crippen LogP) is 4.05. The third-order valence-corrected chi connectivity index (χ3v) is 7.51. The molecule has 0 radical (unpaired) electrons. The molecule has 4 aliphatic carbocycles. The van der Waals surface area contributed by atoms with E-state index in [4.69, 9.17) is 0 Å². The molecule has 3 saturated carbocycles. The van der Waals surface area contributed by atoms with E-state index in [1.807, 2.05) is 0 Å². The Morgan fingerprint density at radius 3 is 2.95 bits per heavy atom. The lowest BCUT2D eigenvalue weighted by Gasteiger charge is -2.54. The molecule has 2 nitrogen and oxygen atoms in total. The first-order valence-electron chi connectivity index (χ1n) is 9.13. The van der Waals surface area contributed by atoms with Crippen LogP contribution in [-0.4, -0.2) is 17.0 Å². The van der Waals surface area contributed by atoms with Gasteiger partial charge in [0.25, 0.3) is 0 Å². The Morgan fingerprint density at radius 1 is 1.36 bits per heavy atom. The second kappa shape index (κ2) is 5.06. The maximum Gasteiger partial charge on any atom is 0.136 e. The maximum absolute atomic E-state index is 11.8. The summed E-state index contributed by atoms with van der Waals surface area (Å²) in [5.41, 5.74) is 2.86. The topological polar surface area (TPSA) is 37.3 Å². The number of rotatable bonds is 1. The van der Waals surface area contributed by atoms with E-state index in [1.54, 1.807) is 0 Å². The number of aliphatic hydroxyl groups excluding tert-OH is 1. The summed E-state index contributed by atoms with van der Waals surface area (Å²) < 4.78 is 0. The number of carbonyl (C=O) groups excluding carboxylic acids is 1. The van der Waals surface area contributed by atoms with Gasteiger partial charge >= 0.3 is 0 Å². The molecule has 1 unspecified atom stereocenters. The highest BCUT2D eigenvalue weighted by atomic mass is 16.3. The molecule has 0 aromatic carbocycles. The Kier molecular flexibility index (Phi) is 3.38. The van der Waals surface area contributed by atoms with E-state index >= 15 is 0 Å². The lowest BCUT2D eigenvalue weighted by molar-refractivity contribution is -0.120. The summed E-state index contributed by atoms with van der Waals surface area (Å²) in [5, 5.41) is 10.6. The minimum absolute atomic E-state index is 0.0913. The van der Waals surface area contributed by atoms with Crippen molar-refractivity contribution in [2.75, 3.05) is 0 Å². The monoisotopic (exact) mass is 300 g/mol. The largest absolute Gasteiger partial charge is 0.393 e. The minimum atomic E-state index is -0.140. The van der Waals surface area contributed by atoms with Crippen molar-refractivity contribution in [3.63, 3.8) is 0 Å². The van der Waals surface area contributed by atoms with Crippen LogP contribution in [0.1, 0.15) is 58.3 Å². The van der Waals surface area contributed by atoms with Crippen LogP contribution in [0, 0.1) is 29.1 Å². The van der Waals surface area contributed by atoms with Crippen LogP contribution in [0.3, 0.4) is 0 Å². The normalized spacial score (nSPS) is 47.5. The molecule has 0 saturated heterocycles. The van der Waals surface area contributed by atoms with E-state index in [2.05, 4.69) is 19.6 Å². The molecule has 120 valence electrons. The predicted molar refractivity (Wildman–Crippen MR) is 87.2 cm³/mol. The molecule has 0 aliphatic heterocycles. The quantitative estimate of drug-likeness (QED) is 0.742. The number of ketones is 1. The van der Waals surface area contributed by atoms with Gasteiger partial charge in [0.05, 0.1) is 6.10 Å². The molecule has 0 aromatic heterocycles.